The number of carbonyl (C=O) groups excluding carboxylic acids is 1. The lowest BCUT2D eigenvalue weighted by Crippen LogP contribution is -2.51. The highest BCUT2D eigenvalue weighted by atomic mass is 16.6. The number of rotatable bonds is 6. The van der Waals surface area contributed by atoms with Gasteiger partial charge in [0, 0.05) is 12.6 Å². The van der Waals surface area contributed by atoms with E-state index in [1.165, 1.54) is 0 Å². The Balaban J connectivity index is 2.52. The molecule has 21 heavy (non-hydrogen) atoms. The molecule has 3 N–H and O–H groups in total. The first-order valence-corrected chi connectivity index (χ1v) is 7.65. The first-order valence-electron chi connectivity index (χ1n) is 7.65. The molecule has 2 atom stereocenters. The fourth-order valence-corrected chi connectivity index (χ4v) is 2.62. The van der Waals surface area contributed by atoms with Gasteiger partial charge >= 0.3 is 12.1 Å². The predicted molar refractivity (Wildman–Crippen MR) is 80.2 cm³/mol. The minimum Gasteiger partial charge on any atom is -0.480 e. The van der Waals surface area contributed by atoms with Gasteiger partial charge in [-0.3, -0.25) is 10.1 Å². The van der Waals surface area contributed by atoms with Crippen LogP contribution in [-0.2, 0) is 9.53 Å². The molecule has 1 amide bonds. The van der Waals surface area contributed by atoms with Crippen molar-refractivity contribution in [3.63, 3.8) is 0 Å². The highest BCUT2D eigenvalue weighted by Crippen LogP contribution is 2.27. The summed E-state index contributed by atoms with van der Waals surface area (Å²) < 4.78 is 5.21. The fraction of sp³-hybridized carbons (Fsp3) is 0.867. The van der Waals surface area contributed by atoms with E-state index in [1.54, 1.807) is 6.92 Å². The molecule has 0 bridgehead atoms. The molecule has 1 rings (SSSR count). The van der Waals surface area contributed by atoms with Crippen LogP contribution in [0.5, 0.6) is 0 Å². The SMILES string of the molecule is CC(NC(CNC(=O)OC(C)(C)C)C1CCCC1)C(=O)O. The average molecular weight is 300 g/mol. The van der Waals surface area contributed by atoms with Crippen LogP contribution in [0.15, 0.2) is 0 Å². The first kappa shape index (κ1) is 17.8. The summed E-state index contributed by atoms with van der Waals surface area (Å²) in [4.78, 5) is 22.7. The largest absolute Gasteiger partial charge is 0.480 e. The number of nitrogens with one attached hydrogen (secondary N) is 2. The highest BCUT2D eigenvalue weighted by Gasteiger charge is 2.28. The van der Waals surface area contributed by atoms with Crippen LogP contribution in [0.4, 0.5) is 4.79 Å². The van der Waals surface area contributed by atoms with Gasteiger partial charge in [-0.15, -0.1) is 0 Å². The van der Waals surface area contributed by atoms with Gasteiger partial charge in [-0.05, 0) is 46.5 Å². The van der Waals surface area contributed by atoms with Gasteiger partial charge in [0.15, 0.2) is 0 Å². The number of amides is 1. The van der Waals surface area contributed by atoms with Crippen molar-refractivity contribution in [1.29, 1.82) is 0 Å². The maximum Gasteiger partial charge on any atom is 0.407 e. The summed E-state index contributed by atoms with van der Waals surface area (Å²) in [6.07, 6.45) is 4.00. The number of hydrogen-bond donors (Lipinski definition) is 3. The summed E-state index contributed by atoms with van der Waals surface area (Å²) in [6, 6.07) is -0.665. The Hall–Kier alpha value is -1.30. The number of hydrogen-bond acceptors (Lipinski definition) is 4. The molecule has 0 saturated heterocycles. The average Bonchev–Trinajstić information content (AvgIpc) is 2.85. The Labute approximate surface area is 126 Å². The van der Waals surface area contributed by atoms with Crippen LogP contribution in [0.25, 0.3) is 0 Å². The second-order valence-electron chi connectivity index (χ2n) is 6.76. The van der Waals surface area contributed by atoms with Crippen molar-refractivity contribution in [3.05, 3.63) is 0 Å². The third-order valence-electron chi connectivity index (χ3n) is 3.67. The van der Waals surface area contributed by atoms with Gasteiger partial charge in [0.2, 0.25) is 0 Å². The smallest absolute Gasteiger partial charge is 0.407 e. The van der Waals surface area contributed by atoms with Gasteiger partial charge in [0.25, 0.3) is 0 Å². The molecule has 0 radical (unpaired) electrons. The Bertz CT molecular complexity index is 359. The maximum atomic E-state index is 11.7. The Kier molecular flexibility index (Phi) is 6.45. The molecule has 0 aromatic rings. The zero-order chi connectivity index (χ0) is 16.0. The van der Waals surface area contributed by atoms with E-state index >= 15 is 0 Å². The van der Waals surface area contributed by atoms with Crippen LogP contribution in [0.3, 0.4) is 0 Å². The molecule has 0 aromatic heterocycles. The molecule has 6 heteroatoms. The summed E-state index contributed by atoms with van der Waals surface area (Å²) in [5.74, 6) is -0.475. The molecule has 122 valence electrons. The summed E-state index contributed by atoms with van der Waals surface area (Å²) >= 11 is 0. The normalized spacial score (nSPS) is 19.0. The quantitative estimate of drug-likeness (QED) is 0.699. The van der Waals surface area contributed by atoms with Crippen LogP contribution in [-0.4, -0.2) is 41.4 Å². The molecule has 0 aliphatic heterocycles. The molecule has 1 aliphatic carbocycles. The summed E-state index contributed by atoms with van der Waals surface area (Å²) in [7, 11) is 0. The summed E-state index contributed by atoms with van der Waals surface area (Å²) in [5.41, 5.74) is -0.533. The molecule has 2 unspecified atom stereocenters. The molecule has 0 aromatic carbocycles. The summed E-state index contributed by atoms with van der Waals surface area (Å²) in [6.45, 7) is 7.44. The molecule has 1 saturated carbocycles. The van der Waals surface area contributed by atoms with Gasteiger partial charge < -0.3 is 15.2 Å². The number of carbonyl (C=O) groups is 2. The molecule has 1 aliphatic rings. The van der Waals surface area contributed by atoms with Crippen LogP contribution in [0.2, 0.25) is 0 Å². The number of carboxylic acids is 1. The zero-order valence-corrected chi connectivity index (χ0v) is 13.4. The number of aliphatic carboxylic acids is 1. The van der Waals surface area contributed by atoms with Crippen molar-refractivity contribution in [3.8, 4) is 0 Å². The van der Waals surface area contributed by atoms with Crippen molar-refractivity contribution in [2.24, 2.45) is 5.92 Å². The van der Waals surface area contributed by atoms with E-state index in [9.17, 15) is 9.59 Å². The van der Waals surface area contributed by atoms with E-state index in [0.29, 0.717) is 12.5 Å². The van der Waals surface area contributed by atoms with Crippen molar-refractivity contribution in [2.75, 3.05) is 6.54 Å². The summed E-state index contributed by atoms with van der Waals surface area (Å²) in [5, 5.41) is 14.9. The van der Waals surface area contributed by atoms with E-state index in [2.05, 4.69) is 10.6 Å². The zero-order valence-electron chi connectivity index (χ0n) is 13.4. The molecular formula is C15H28N2O4. The van der Waals surface area contributed by atoms with E-state index in [0.717, 1.165) is 25.7 Å². The van der Waals surface area contributed by atoms with Gasteiger partial charge in [-0.2, -0.15) is 0 Å². The lowest BCUT2D eigenvalue weighted by molar-refractivity contribution is -0.139. The second-order valence-corrected chi connectivity index (χ2v) is 6.76. The molecule has 0 spiro atoms. The van der Waals surface area contributed by atoms with Crippen molar-refractivity contribution in [2.45, 2.75) is 71.1 Å². The van der Waals surface area contributed by atoms with E-state index < -0.39 is 23.7 Å². The Morgan fingerprint density at radius 2 is 1.86 bits per heavy atom. The fourth-order valence-electron chi connectivity index (χ4n) is 2.62. The van der Waals surface area contributed by atoms with Gasteiger partial charge in [-0.25, -0.2) is 4.79 Å². The molecule has 6 nitrogen and oxygen atoms in total. The van der Waals surface area contributed by atoms with Gasteiger partial charge in [0.1, 0.15) is 11.6 Å². The van der Waals surface area contributed by atoms with E-state index in [4.69, 9.17) is 9.84 Å². The van der Waals surface area contributed by atoms with Crippen LogP contribution < -0.4 is 10.6 Å². The topological polar surface area (TPSA) is 87.7 Å². The molecular weight excluding hydrogens is 272 g/mol. The van der Waals surface area contributed by atoms with Crippen molar-refractivity contribution < 1.29 is 19.4 Å². The van der Waals surface area contributed by atoms with Crippen LogP contribution in [0.1, 0.15) is 53.4 Å². The third kappa shape index (κ3) is 6.80. The third-order valence-corrected chi connectivity index (χ3v) is 3.67. The highest BCUT2D eigenvalue weighted by molar-refractivity contribution is 5.73. The predicted octanol–water partition coefficient (Wildman–Crippen LogP) is 2.13. The van der Waals surface area contributed by atoms with Gasteiger partial charge in [0.05, 0.1) is 0 Å². The lowest BCUT2D eigenvalue weighted by atomic mass is 9.97. The Morgan fingerprint density at radius 1 is 1.29 bits per heavy atom. The molecule has 1 fully saturated rings. The minimum atomic E-state index is -0.879. The number of carboxylic acid groups (broad SMARTS) is 1. The molecule has 0 heterocycles. The van der Waals surface area contributed by atoms with E-state index in [1.807, 2.05) is 20.8 Å². The Morgan fingerprint density at radius 3 is 2.33 bits per heavy atom. The monoisotopic (exact) mass is 300 g/mol. The number of alkyl carbamates (subject to hydrolysis) is 1. The van der Waals surface area contributed by atoms with Crippen molar-refractivity contribution in [1.82, 2.24) is 10.6 Å². The first-order chi connectivity index (χ1) is 9.69. The maximum absolute atomic E-state index is 11.7. The van der Waals surface area contributed by atoms with Crippen LogP contribution >= 0.6 is 0 Å². The van der Waals surface area contributed by atoms with Crippen LogP contribution in [0, 0.1) is 5.92 Å². The van der Waals surface area contributed by atoms with Crippen molar-refractivity contribution >= 4 is 12.1 Å². The second kappa shape index (κ2) is 7.64. The lowest BCUT2D eigenvalue weighted by Gasteiger charge is -2.28. The van der Waals surface area contributed by atoms with E-state index in [-0.39, 0.29) is 6.04 Å². The minimum absolute atomic E-state index is 0.0360. The standard InChI is InChI=1S/C15H28N2O4/c1-10(13(18)19)17-12(11-7-5-6-8-11)9-16-14(20)21-15(2,3)4/h10-12,17H,5-9H2,1-4H3,(H,16,20)(H,18,19). The number of ether oxygens (including phenoxy) is 1. The van der Waals surface area contributed by atoms with Gasteiger partial charge in [-0.1, -0.05) is 12.8 Å².